The molecule has 1 aromatic heterocycles. The predicted octanol–water partition coefficient (Wildman–Crippen LogP) is 1.10. The van der Waals surface area contributed by atoms with E-state index in [9.17, 15) is 14.7 Å². The molecule has 2 unspecified atom stereocenters. The summed E-state index contributed by atoms with van der Waals surface area (Å²) in [5.74, 6) is 0.0396. The van der Waals surface area contributed by atoms with E-state index in [2.05, 4.69) is 4.98 Å². The molecule has 5 heteroatoms. The zero-order chi connectivity index (χ0) is 14.0. The van der Waals surface area contributed by atoms with Gasteiger partial charge >= 0.3 is 5.69 Å². The van der Waals surface area contributed by atoms with Crippen LogP contribution in [0.3, 0.4) is 0 Å². The van der Waals surface area contributed by atoms with E-state index in [0.29, 0.717) is 10.9 Å². The molecule has 2 atom stereocenters. The third kappa shape index (κ3) is 2.61. The number of hydrogen-bond acceptors (Lipinski definition) is 3. The number of H-pyrrole nitrogens is 1. The van der Waals surface area contributed by atoms with Crippen molar-refractivity contribution in [3.8, 4) is 0 Å². The summed E-state index contributed by atoms with van der Waals surface area (Å²) in [6.07, 6.45) is 0.0893. The van der Waals surface area contributed by atoms with Crippen LogP contribution in [0, 0.1) is 5.92 Å². The second kappa shape index (κ2) is 5.40. The minimum absolute atomic E-state index is 0.0218. The maximum absolute atomic E-state index is 12.2. The Kier molecular flexibility index (Phi) is 3.85. The Bertz CT molecular complexity index is 687. The van der Waals surface area contributed by atoms with Crippen LogP contribution in [-0.2, 0) is 6.54 Å². The van der Waals surface area contributed by atoms with E-state index in [1.807, 2.05) is 13.8 Å². The standard InChI is InChI=1S/C14H18N2O3/c1-3-9(2)12(17)8-16-13(18)10-6-4-5-7-11(10)15-14(16)19/h4-7,9,12,17H,3,8H2,1-2H3,(H,15,19). The van der Waals surface area contributed by atoms with E-state index in [1.54, 1.807) is 24.3 Å². The van der Waals surface area contributed by atoms with Gasteiger partial charge in [0.1, 0.15) is 0 Å². The van der Waals surface area contributed by atoms with Crippen molar-refractivity contribution in [1.82, 2.24) is 9.55 Å². The topological polar surface area (TPSA) is 75.1 Å². The molecule has 0 aliphatic heterocycles. The molecule has 19 heavy (non-hydrogen) atoms. The average Bonchev–Trinajstić information content (AvgIpc) is 2.42. The molecule has 0 amide bonds. The van der Waals surface area contributed by atoms with Crippen LogP contribution in [0.2, 0.25) is 0 Å². The fraction of sp³-hybridized carbons (Fsp3) is 0.429. The van der Waals surface area contributed by atoms with Crippen molar-refractivity contribution in [3.05, 3.63) is 45.1 Å². The average molecular weight is 262 g/mol. The van der Waals surface area contributed by atoms with Crippen LogP contribution < -0.4 is 11.2 Å². The number of para-hydroxylation sites is 1. The molecule has 2 rings (SSSR count). The van der Waals surface area contributed by atoms with Crippen molar-refractivity contribution in [1.29, 1.82) is 0 Å². The molecule has 0 fully saturated rings. The van der Waals surface area contributed by atoms with Gasteiger partial charge in [0.05, 0.1) is 23.6 Å². The van der Waals surface area contributed by atoms with Crippen LogP contribution in [0.25, 0.3) is 10.9 Å². The molecule has 0 bridgehead atoms. The molecular weight excluding hydrogens is 244 g/mol. The highest BCUT2D eigenvalue weighted by Crippen LogP contribution is 2.09. The fourth-order valence-corrected chi connectivity index (χ4v) is 2.00. The first-order valence-corrected chi connectivity index (χ1v) is 6.44. The molecule has 2 N–H and O–H groups in total. The third-order valence-electron chi connectivity index (χ3n) is 3.56. The van der Waals surface area contributed by atoms with Gasteiger partial charge in [-0.15, -0.1) is 0 Å². The molecular formula is C14H18N2O3. The van der Waals surface area contributed by atoms with Gasteiger partial charge in [-0.3, -0.25) is 9.36 Å². The second-order valence-electron chi connectivity index (χ2n) is 4.84. The molecule has 102 valence electrons. The number of hydrogen-bond donors (Lipinski definition) is 2. The summed E-state index contributed by atoms with van der Waals surface area (Å²) in [6, 6.07) is 6.86. The van der Waals surface area contributed by atoms with Crippen LogP contribution in [0.15, 0.2) is 33.9 Å². The molecule has 0 spiro atoms. The summed E-state index contributed by atoms with van der Waals surface area (Å²) in [5.41, 5.74) is -0.320. The van der Waals surface area contributed by atoms with Gasteiger partial charge in [0.25, 0.3) is 5.56 Å². The van der Waals surface area contributed by atoms with E-state index in [0.717, 1.165) is 11.0 Å². The second-order valence-corrected chi connectivity index (χ2v) is 4.84. The first-order chi connectivity index (χ1) is 9.04. The van der Waals surface area contributed by atoms with E-state index in [-0.39, 0.29) is 18.0 Å². The number of nitrogens with zero attached hydrogens (tertiary/aromatic N) is 1. The largest absolute Gasteiger partial charge is 0.391 e. The van der Waals surface area contributed by atoms with E-state index in [1.165, 1.54) is 0 Å². The van der Waals surface area contributed by atoms with Gasteiger partial charge in [0, 0.05) is 0 Å². The number of nitrogens with one attached hydrogen (secondary N) is 1. The molecule has 0 radical (unpaired) electrons. The van der Waals surface area contributed by atoms with Crippen LogP contribution in [0.5, 0.6) is 0 Å². The summed E-state index contributed by atoms with van der Waals surface area (Å²) in [6.45, 7) is 3.88. The van der Waals surface area contributed by atoms with Crippen LogP contribution in [-0.4, -0.2) is 20.8 Å². The quantitative estimate of drug-likeness (QED) is 0.866. The minimum Gasteiger partial charge on any atom is -0.391 e. The molecule has 2 aromatic rings. The van der Waals surface area contributed by atoms with Crippen molar-refractivity contribution in [2.75, 3.05) is 0 Å². The zero-order valence-electron chi connectivity index (χ0n) is 11.1. The van der Waals surface area contributed by atoms with Gasteiger partial charge in [-0.1, -0.05) is 32.4 Å². The van der Waals surface area contributed by atoms with Gasteiger partial charge < -0.3 is 10.1 Å². The molecule has 0 aliphatic carbocycles. The Hall–Kier alpha value is -1.88. The van der Waals surface area contributed by atoms with Crippen LogP contribution in [0.4, 0.5) is 0 Å². The highest BCUT2D eigenvalue weighted by atomic mass is 16.3. The summed E-state index contributed by atoms with van der Waals surface area (Å²) >= 11 is 0. The lowest BCUT2D eigenvalue weighted by Gasteiger charge is -2.17. The number of benzene rings is 1. The number of aromatic nitrogens is 2. The first kappa shape index (κ1) is 13.5. The van der Waals surface area contributed by atoms with Gasteiger partial charge in [-0.25, -0.2) is 4.79 Å². The van der Waals surface area contributed by atoms with E-state index < -0.39 is 11.8 Å². The first-order valence-electron chi connectivity index (χ1n) is 6.44. The zero-order valence-corrected chi connectivity index (χ0v) is 11.1. The van der Waals surface area contributed by atoms with E-state index in [4.69, 9.17) is 0 Å². The molecule has 5 nitrogen and oxygen atoms in total. The molecule has 0 saturated carbocycles. The van der Waals surface area contributed by atoms with Gasteiger partial charge in [-0.2, -0.15) is 0 Å². The SMILES string of the molecule is CCC(C)C(O)Cn1c(=O)[nH]c2ccccc2c1=O. The number of aromatic amines is 1. The summed E-state index contributed by atoms with van der Waals surface area (Å²) in [7, 11) is 0. The Morgan fingerprint density at radius 2 is 2.00 bits per heavy atom. The van der Waals surface area contributed by atoms with Gasteiger partial charge in [0.15, 0.2) is 0 Å². The van der Waals surface area contributed by atoms with Gasteiger partial charge in [-0.05, 0) is 18.1 Å². The van der Waals surface area contributed by atoms with Crippen molar-refractivity contribution in [3.63, 3.8) is 0 Å². The van der Waals surface area contributed by atoms with Crippen molar-refractivity contribution in [2.24, 2.45) is 5.92 Å². The lowest BCUT2D eigenvalue weighted by atomic mass is 10.0. The van der Waals surface area contributed by atoms with Crippen LogP contribution in [0.1, 0.15) is 20.3 Å². The number of aliphatic hydroxyl groups is 1. The van der Waals surface area contributed by atoms with Crippen LogP contribution >= 0.6 is 0 Å². The Morgan fingerprint density at radius 1 is 1.32 bits per heavy atom. The number of fused-ring (bicyclic) bond motifs is 1. The minimum atomic E-state index is -0.704. The summed E-state index contributed by atoms with van der Waals surface area (Å²) < 4.78 is 1.07. The molecule has 1 heterocycles. The monoisotopic (exact) mass is 262 g/mol. The van der Waals surface area contributed by atoms with E-state index >= 15 is 0 Å². The molecule has 1 aromatic carbocycles. The maximum Gasteiger partial charge on any atom is 0.328 e. The summed E-state index contributed by atoms with van der Waals surface area (Å²) in [5, 5.41) is 10.4. The lowest BCUT2D eigenvalue weighted by molar-refractivity contribution is 0.0943. The fourth-order valence-electron chi connectivity index (χ4n) is 2.00. The number of aliphatic hydroxyl groups excluding tert-OH is 1. The summed E-state index contributed by atoms with van der Waals surface area (Å²) in [4.78, 5) is 26.8. The Labute approximate surface area is 110 Å². The highest BCUT2D eigenvalue weighted by Gasteiger charge is 2.16. The van der Waals surface area contributed by atoms with Crippen molar-refractivity contribution < 1.29 is 5.11 Å². The molecule has 0 saturated heterocycles. The molecule has 0 aliphatic rings. The highest BCUT2D eigenvalue weighted by molar-refractivity contribution is 5.76. The third-order valence-corrected chi connectivity index (χ3v) is 3.56. The lowest BCUT2D eigenvalue weighted by Crippen LogP contribution is -2.39. The Balaban J connectivity index is 2.50. The predicted molar refractivity (Wildman–Crippen MR) is 74.3 cm³/mol. The normalized spacial score (nSPS) is 14.5. The van der Waals surface area contributed by atoms with Gasteiger partial charge in [0.2, 0.25) is 0 Å². The maximum atomic E-state index is 12.2. The van der Waals surface area contributed by atoms with Crippen molar-refractivity contribution >= 4 is 10.9 Å². The Morgan fingerprint density at radius 3 is 2.68 bits per heavy atom. The smallest absolute Gasteiger partial charge is 0.328 e. The number of rotatable bonds is 4. The van der Waals surface area contributed by atoms with Crippen molar-refractivity contribution in [2.45, 2.75) is 32.9 Å².